The lowest BCUT2D eigenvalue weighted by molar-refractivity contribution is -0.131. The van der Waals surface area contributed by atoms with Crippen molar-refractivity contribution in [2.24, 2.45) is 0 Å². The van der Waals surface area contributed by atoms with Crippen molar-refractivity contribution >= 4 is 18.3 Å². The van der Waals surface area contributed by atoms with E-state index in [1.807, 2.05) is 6.92 Å². The Morgan fingerprint density at radius 1 is 1.47 bits per heavy atom. The second-order valence-electron chi connectivity index (χ2n) is 4.61. The van der Waals surface area contributed by atoms with Gasteiger partial charge in [0, 0.05) is 31.7 Å². The highest BCUT2D eigenvalue weighted by Crippen LogP contribution is 2.12. The molecule has 1 amide bonds. The lowest BCUT2D eigenvalue weighted by Gasteiger charge is -2.32. The largest absolute Gasteiger partial charge is 0.340 e. The molecule has 1 aliphatic heterocycles. The van der Waals surface area contributed by atoms with Gasteiger partial charge in [-0.2, -0.15) is 0 Å². The SMILES string of the molecule is C[C@H]1CN(C(=O)Cc2ccc(F)cc2F)CCN1.Cl. The van der Waals surface area contributed by atoms with Crippen LogP contribution in [0.5, 0.6) is 0 Å². The summed E-state index contributed by atoms with van der Waals surface area (Å²) >= 11 is 0. The van der Waals surface area contributed by atoms with Gasteiger partial charge in [0.2, 0.25) is 5.91 Å². The second-order valence-corrected chi connectivity index (χ2v) is 4.61. The van der Waals surface area contributed by atoms with Crippen LogP contribution in [0.4, 0.5) is 8.78 Å². The molecule has 0 radical (unpaired) electrons. The zero-order chi connectivity index (χ0) is 13.1. The molecule has 106 valence electrons. The predicted octanol–water partition coefficient (Wildman–Crippen LogP) is 1.75. The Labute approximate surface area is 117 Å². The highest BCUT2D eigenvalue weighted by atomic mass is 35.5. The number of amides is 1. The number of carbonyl (C=O) groups excluding carboxylic acids is 1. The van der Waals surface area contributed by atoms with Gasteiger partial charge in [-0.1, -0.05) is 6.07 Å². The summed E-state index contributed by atoms with van der Waals surface area (Å²) in [7, 11) is 0. The van der Waals surface area contributed by atoms with Gasteiger partial charge in [0.05, 0.1) is 6.42 Å². The van der Waals surface area contributed by atoms with Crippen LogP contribution in [0.15, 0.2) is 18.2 Å². The highest BCUT2D eigenvalue weighted by molar-refractivity contribution is 5.85. The van der Waals surface area contributed by atoms with Gasteiger partial charge in [0.15, 0.2) is 0 Å². The number of benzene rings is 1. The summed E-state index contributed by atoms with van der Waals surface area (Å²) < 4.78 is 26.2. The van der Waals surface area contributed by atoms with Gasteiger partial charge in [-0.05, 0) is 18.6 Å². The number of hydrogen-bond acceptors (Lipinski definition) is 2. The number of nitrogens with one attached hydrogen (secondary N) is 1. The quantitative estimate of drug-likeness (QED) is 0.900. The molecule has 0 saturated carbocycles. The summed E-state index contributed by atoms with van der Waals surface area (Å²) in [6.07, 6.45) is -0.0150. The van der Waals surface area contributed by atoms with Gasteiger partial charge in [0.1, 0.15) is 11.6 Å². The van der Waals surface area contributed by atoms with Gasteiger partial charge in [-0.3, -0.25) is 4.79 Å². The Morgan fingerprint density at radius 3 is 2.84 bits per heavy atom. The van der Waals surface area contributed by atoms with Crippen molar-refractivity contribution < 1.29 is 13.6 Å². The van der Waals surface area contributed by atoms with E-state index in [4.69, 9.17) is 0 Å². The highest BCUT2D eigenvalue weighted by Gasteiger charge is 2.21. The zero-order valence-corrected chi connectivity index (χ0v) is 11.5. The lowest BCUT2D eigenvalue weighted by atomic mass is 10.1. The number of piperazine rings is 1. The summed E-state index contributed by atoms with van der Waals surface area (Å²) in [6, 6.07) is 3.56. The molecule has 1 aliphatic rings. The second kappa shape index (κ2) is 6.82. The Hall–Kier alpha value is -1.20. The molecule has 1 fully saturated rings. The number of carbonyl (C=O) groups is 1. The molecule has 0 bridgehead atoms. The molecule has 0 aromatic heterocycles. The molecule has 3 nitrogen and oxygen atoms in total. The van der Waals surface area contributed by atoms with E-state index in [1.165, 1.54) is 12.1 Å². The number of rotatable bonds is 2. The van der Waals surface area contributed by atoms with Crippen molar-refractivity contribution in [1.29, 1.82) is 0 Å². The molecule has 0 unspecified atom stereocenters. The van der Waals surface area contributed by atoms with Crippen LogP contribution in [0.25, 0.3) is 0 Å². The average Bonchev–Trinajstić information content (AvgIpc) is 2.32. The Balaban J connectivity index is 0.00000180. The first kappa shape index (κ1) is 15.9. The normalized spacial score (nSPS) is 18.9. The molecule has 1 N–H and O–H groups in total. The predicted molar refractivity (Wildman–Crippen MR) is 71.4 cm³/mol. The number of nitrogens with zero attached hydrogens (tertiary/aromatic N) is 1. The van der Waals surface area contributed by atoms with Crippen molar-refractivity contribution in [2.75, 3.05) is 19.6 Å². The zero-order valence-electron chi connectivity index (χ0n) is 10.7. The van der Waals surface area contributed by atoms with Gasteiger partial charge < -0.3 is 10.2 Å². The van der Waals surface area contributed by atoms with Crippen molar-refractivity contribution in [2.45, 2.75) is 19.4 Å². The fourth-order valence-corrected chi connectivity index (χ4v) is 2.10. The minimum atomic E-state index is -0.661. The first-order valence-corrected chi connectivity index (χ1v) is 6.01. The maximum Gasteiger partial charge on any atom is 0.227 e. The number of hydrogen-bond donors (Lipinski definition) is 1. The third-order valence-corrected chi connectivity index (χ3v) is 3.08. The van der Waals surface area contributed by atoms with E-state index in [0.717, 1.165) is 12.6 Å². The van der Waals surface area contributed by atoms with E-state index in [9.17, 15) is 13.6 Å². The van der Waals surface area contributed by atoms with Gasteiger partial charge in [-0.25, -0.2) is 8.78 Å². The monoisotopic (exact) mass is 290 g/mol. The molecule has 19 heavy (non-hydrogen) atoms. The maximum atomic E-state index is 13.4. The molecule has 1 aromatic rings. The molecule has 1 aromatic carbocycles. The molecule has 2 rings (SSSR count). The third kappa shape index (κ3) is 4.14. The van der Waals surface area contributed by atoms with E-state index < -0.39 is 11.6 Å². The summed E-state index contributed by atoms with van der Waals surface area (Å²) in [5.74, 6) is -1.40. The minimum Gasteiger partial charge on any atom is -0.340 e. The first-order valence-electron chi connectivity index (χ1n) is 6.01. The third-order valence-electron chi connectivity index (χ3n) is 3.08. The maximum absolute atomic E-state index is 13.4. The molecule has 0 aliphatic carbocycles. The van der Waals surface area contributed by atoms with Crippen LogP contribution in [0, 0.1) is 11.6 Å². The Bertz CT molecular complexity index is 456. The Kier molecular flexibility index (Phi) is 5.69. The van der Waals surface area contributed by atoms with Crippen molar-refractivity contribution in [1.82, 2.24) is 10.2 Å². The van der Waals surface area contributed by atoms with Crippen molar-refractivity contribution in [3.63, 3.8) is 0 Å². The summed E-state index contributed by atoms with van der Waals surface area (Å²) in [5.41, 5.74) is 0.243. The van der Waals surface area contributed by atoms with E-state index in [1.54, 1.807) is 4.90 Å². The molecule has 1 atom stereocenters. The Morgan fingerprint density at radius 2 is 2.21 bits per heavy atom. The minimum absolute atomic E-state index is 0. The van der Waals surface area contributed by atoms with Crippen LogP contribution in [0.1, 0.15) is 12.5 Å². The number of halogens is 3. The molecule has 1 heterocycles. The smallest absolute Gasteiger partial charge is 0.227 e. The summed E-state index contributed by atoms with van der Waals surface area (Å²) in [5, 5.41) is 3.23. The van der Waals surface area contributed by atoms with Crippen LogP contribution < -0.4 is 5.32 Å². The van der Waals surface area contributed by atoms with Gasteiger partial charge >= 0.3 is 0 Å². The molecule has 1 saturated heterocycles. The fourth-order valence-electron chi connectivity index (χ4n) is 2.10. The summed E-state index contributed by atoms with van der Waals surface area (Å²) in [4.78, 5) is 13.7. The van der Waals surface area contributed by atoms with Crippen LogP contribution in [-0.4, -0.2) is 36.5 Å². The van der Waals surface area contributed by atoms with E-state index in [0.29, 0.717) is 13.1 Å². The molecule has 6 heteroatoms. The molecule has 0 spiro atoms. The van der Waals surface area contributed by atoms with Crippen molar-refractivity contribution in [3.05, 3.63) is 35.4 Å². The standard InChI is InChI=1S/C13H16F2N2O.ClH/c1-9-8-17(5-4-16-9)13(18)6-10-2-3-11(14)7-12(10)15;/h2-3,7,9,16H,4-6,8H2,1H3;1H/t9-;/m0./s1. The molecular weight excluding hydrogens is 274 g/mol. The van der Waals surface area contributed by atoms with Crippen LogP contribution in [0.3, 0.4) is 0 Å². The summed E-state index contributed by atoms with van der Waals surface area (Å²) in [6.45, 7) is 4.00. The average molecular weight is 291 g/mol. The van der Waals surface area contributed by atoms with Gasteiger partial charge in [0.25, 0.3) is 0 Å². The van der Waals surface area contributed by atoms with E-state index in [-0.39, 0.29) is 36.3 Å². The van der Waals surface area contributed by atoms with Crippen LogP contribution >= 0.6 is 12.4 Å². The topological polar surface area (TPSA) is 32.3 Å². The van der Waals surface area contributed by atoms with Crippen LogP contribution in [0.2, 0.25) is 0 Å². The van der Waals surface area contributed by atoms with Crippen molar-refractivity contribution in [3.8, 4) is 0 Å². The van der Waals surface area contributed by atoms with E-state index >= 15 is 0 Å². The first-order chi connectivity index (χ1) is 8.56. The fraction of sp³-hybridized carbons (Fsp3) is 0.462. The van der Waals surface area contributed by atoms with E-state index in [2.05, 4.69) is 5.32 Å². The van der Waals surface area contributed by atoms with Crippen LogP contribution in [-0.2, 0) is 11.2 Å². The van der Waals surface area contributed by atoms with Gasteiger partial charge in [-0.15, -0.1) is 12.4 Å². The molecular formula is C13H17ClF2N2O. The lowest BCUT2D eigenvalue weighted by Crippen LogP contribution is -2.51.